The molecule has 1 saturated heterocycles. The average molecular weight is 237 g/mol. The summed E-state index contributed by atoms with van der Waals surface area (Å²) in [4.78, 5) is 11.9. The molecule has 94 valence electrons. The van der Waals surface area contributed by atoms with Crippen molar-refractivity contribution in [2.45, 2.75) is 32.6 Å². The van der Waals surface area contributed by atoms with Crippen LogP contribution in [0.5, 0.6) is 0 Å². The number of ether oxygens (including phenoxy) is 1. The van der Waals surface area contributed by atoms with Gasteiger partial charge in [0.05, 0.1) is 12.5 Å². The molecule has 1 amide bonds. The van der Waals surface area contributed by atoms with Crippen molar-refractivity contribution in [3.05, 3.63) is 11.8 Å². The monoisotopic (exact) mass is 237 g/mol. The number of H-pyrrole nitrogens is 1. The molecular weight excluding hydrogens is 218 g/mol. The molecule has 0 bridgehead atoms. The second-order valence-electron chi connectivity index (χ2n) is 4.77. The van der Waals surface area contributed by atoms with E-state index >= 15 is 0 Å². The third kappa shape index (κ3) is 3.06. The van der Waals surface area contributed by atoms with Crippen molar-refractivity contribution in [2.24, 2.45) is 5.92 Å². The molecule has 1 aromatic heterocycles. The zero-order valence-electron chi connectivity index (χ0n) is 10.3. The van der Waals surface area contributed by atoms with Gasteiger partial charge in [0, 0.05) is 18.4 Å². The zero-order chi connectivity index (χ0) is 12.3. The van der Waals surface area contributed by atoms with Crippen molar-refractivity contribution in [1.29, 1.82) is 0 Å². The van der Waals surface area contributed by atoms with Crippen molar-refractivity contribution in [1.82, 2.24) is 10.2 Å². The number of hydrogen-bond donors (Lipinski definition) is 2. The summed E-state index contributed by atoms with van der Waals surface area (Å²) >= 11 is 0. The summed E-state index contributed by atoms with van der Waals surface area (Å²) in [7, 11) is 0. The Balaban J connectivity index is 1.92. The molecule has 2 heterocycles. The van der Waals surface area contributed by atoms with Crippen LogP contribution in [0, 0.1) is 5.92 Å². The molecule has 1 aliphatic heterocycles. The Morgan fingerprint density at radius 3 is 3.06 bits per heavy atom. The molecule has 0 spiro atoms. The molecule has 0 saturated carbocycles. The van der Waals surface area contributed by atoms with Crippen LogP contribution in [0.2, 0.25) is 0 Å². The van der Waals surface area contributed by atoms with Crippen LogP contribution in [0.3, 0.4) is 0 Å². The van der Waals surface area contributed by atoms with Gasteiger partial charge in [-0.25, -0.2) is 0 Å². The summed E-state index contributed by atoms with van der Waals surface area (Å²) in [5.74, 6) is 0.949. The largest absolute Gasteiger partial charge is 0.381 e. The van der Waals surface area contributed by atoms with Crippen LogP contribution < -0.4 is 5.32 Å². The molecule has 0 aromatic carbocycles. The number of nitrogens with zero attached hydrogens (tertiary/aromatic N) is 1. The Labute approximate surface area is 101 Å². The highest BCUT2D eigenvalue weighted by molar-refractivity contribution is 5.91. The first-order valence-electron chi connectivity index (χ1n) is 6.10. The SMILES string of the molecule is CC(C)c1cc(NC(=O)C2CCCOC2)n[nH]1. The van der Waals surface area contributed by atoms with Gasteiger partial charge in [-0.1, -0.05) is 13.8 Å². The lowest BCUT2D eigenvalue weighted by Gasteiger charge is -2.20. The highest BCUT2D eigenvalue weighted by Gasteiger charge is 2.22. The standard InChI is InChI=1S/C12H19N3O2/c1-8(2)10-6-11(15-14-10)13-12(16)9-4-3-5-17-7-9/h6,8-9H,3-5,7H2,1-2H3,(H2,13,14,15,16). The summed E-state index contributed by atoms with van der Waals surface area (Å²) in [6, 6.07) is 1.88. The number of carbonyl (C=O) groups is 1. The van der Waals surface area contributed by atoms with Crippen molar-refractivity contribution >= 4 is 11.7 Å². The molecule has 5 nitrogen and oxygen atoms in total. The summed E-state index contributed by atoms with van der Waals surface area (Å²) in [5, 5.41) is 9.82. The molecule has 2 rings (SSSR count). The van der Waals surface area contributed by atoms with E-state index in [0.29, 0.717) is 18.3 Å². The molecule has 5 heteroatoms. The first-order chi connectivity index (χ1) is 8.16. The van der Waals surface area contributed by atoms with Crippen molar-refractivity contribution in [2.75, 3.05) is 18.5 Å². The summed E-state index contributed by atoms with van der Waals surface area (Å²) in [6.07, 6.45) is 1.85. The highest BCUT2D eigenvalue weighted by Crippen LogP contribution is 2.18. The molecule has 1 fully saturated rings. The summed E-state index contributed by atoms with van der Waals surface area (Å²) in [6.45, 7) is 5.44. The van der Waals surface area contributed by atoms with E-state index in [1.807, 2.05) is 6.07 Å². The number of nitrogens with one attached hydrogen (secondary N) is 2. The van der Waals surface area contributed by atoms with E-state index in [1.54, 1.807) is 0 Å². The minimum absolute atomic E-state index is 0.00602. The van der Waals surface area contributed by atoms with Crippen molar-refractivity contribution in [3.63, 3.8) is 0 Å². The number of rotatable bonds is 3. The van der Waals surface area contributed by atoms with Gasteiger partial charge in [-0.15, -0.1) is 0 Å². The van der Waals surface area contributed by atoms with Crippen LogP contribution in [0.4, 0.5) is 5.82 Å². The summed E-state index contributed by atoms with van der Waals surface area (Å²) in [5.41, 5.74) is 1.03. The first kappa shape index (κ1) is 12.1. The van der Waals surface area contributed by atoms with Crippen LogP contribution in [0.15, 0.2) is 6.07 Å². The number of amides is 1. The van der Waals surface area contributed by atoms with Gasteiger partial charge < -0.3 is 10.1 Å². The van der Waals surface area contributed by atoms with E-state index in [9.17, 15) is 4.79 Å². The normalized spacial score (nSPS) is 20.5. The first-order valence-corrected chi connectivity index (χ1v) is 6.10. The smallest absolute Gasteiger partial charge is 0.231 e. The lowest BCUT2D eigenvalue weighted by atomic mass is 10.0. The maximum Gasteiger partial charge on any atom is 0.231 e. The van der Waals surface area contributed by atoms with Gasteiger partial charge in [0.25, 0.3) is 0 Å². The molecule has 1 unspecified atom stereocenters. The van der Waals surface area contributed by atoms with E-state index < -0.39 is 0 Å². The molecule has 0 radical (unpaired) electrons. The third-order valence-electron chi connectivity index (χ3n) is 3.00. The molecule has 1 aromatic rings. The number of anilines is 1. The average Bonchev–Trinajstić information content (AvgIpc) is 2.79. The Kier molecular flexibility index (Phi) is 3.78. The van der Waals surface area contributed by atoms with E-state index in [-0.39, 0.29) is 11.8 Å². The van der Waals surface area contributed by atoms with Crippen LogP contribution in [-0.2, 0) is 9.53 Å². The molecule has 1 aliphatic rings. The summed E-state index contributed by atoms with van der Waals surface area (Å²) < 4.78 is 5.30. The van der Waals surface area contributed by atoms with E-state index in [0.717, 1.165) is 25.1 Å². The molecule has 0 aliphatic carbocycles. The highest BCUT2D eigenvalue weighted by atomic mass is 16.5. The van der Waals surface area contributed by atoms with Crippen LogP contribution in [0.25, 0.3) is 0 Å². The lowest BCUT2D eigenvalue weighted by molar-refractivity contribution is -0.123. The Morgan fingerprint density at radius 2 is 2.47 bits per heavy atom. The second-order valence-corrected chi connectivity index (χ2v) is 4.77. The van der Waals surface area contributed by atoms with Crippen LogP contribution >= 0.6 is 0 Å². The van der Waals surface area contributed by atoms with Gasteiger partial charge in [0.1, 0.15) is 0 Å². The molecular formula is C12H19N3O2. The lowest BCUT2D eigenvalue weighted by Crippen LogP contribution is -2.30. The molecule has 1 atom stereocenters. The van der Waals surface area contributed by atoms with Gasteiger partial charge in [0.15, 0.2) is 5.82 Å². The molecule has 2 N–H and O–H groups in total. The van der Waals surface area contributed by atoms with Gasteiger partial charge in [-0.05, 0) is 18.8 Å². The van der Waals surface area contributed by atoms with Gasteiger partial charge in [-0.2, -0.15) is 5.10 Å². The van der Waals surface area contributed by atoms with E-state index in [2.05, 4.69) is 29.4 Å². The fourth-order valence-corrected chi connectivity index (χ4v) is 1.87. The Hall–Kier alpha value is -1.36. The zero-order valence-corrected chi connectivity index (χ0v) is 10.3. The third-order valence-corrected chi connectivity index (χ3v) is 3.00. The quantitative estimate of drug-likeness (QED) is 0.843. The van der Waals surface area contributed by atoms with Gasteiger partial charge in [0.2, 0.25) is 5.91 Å². The number of carbonyl (C=O) groups excluding carboxylic acids is 1. The van der Waals surface area contributed by atoms with Gasteiger partial charge >= 0.3 is 0 Å². The van der Waals surface area contributed by atoms with Crippen LogP contribution in [-0.4, -0.2) is 29.3 Å². The minimum Gasteiger partial charge on any atom is -0.381 e. The van der Waals surface area contributed by atoms with E-state index in [4.69, 9.17) is 4.74 Å². The van der Waals surface area contributed by atoms with Crippen LogP contribution in [0.1, 0.15) is 38.3 Å². The number of aromatic amines is 1. The van der Waals surface area contributed by atoms with Gasteiger partial charge in [-0.3, -0.25) is 9.89 Å². The number of hydrogen-bond acceptors (Lipinski definition) is 3. The number of aromatic nitrogens is 2. The predicted molar refractivity (Wildman–Crippen MR) is 64.8 cm³/mol. The molecule has 17 heavy (non-hydrogen) atoms. The predicted octanol–water partition coefficient (Wildman–Crippen LogP) is 1.90. The second kappa shape index (κ2) is 5.31. The fraction of sp³-hybridized carbons (Fsp3) is 0.667. The van der Waals surface area contributed by atoms with Crippen molar-refractivity contribution < 1.29 is 9.53 Å². The maximum atomic E-state index is 11.9. The van der Waals surface area contributed by atoms with E-state index in [1.165, 1.54) is 0 Å². The maximum absolute atomic E-state index is 11.9. The van der Waals surface area contributed by atoms with Crippen molar-refractivity contribution in [3.8, 4) is 0 Å². The topological polar surface area (TPSA) is 67.0 Å². The fourth-order valence-electron chi connectivity index (χ4n) is 1.87. The Bertz CT molecular complexity index is 381. The Morgan fingerprint density at radius 1 is 1.65 bits per heavy atom. The minimum atomic E-state index is -0.0389.